The molecule has 0 aliphatic rings. The Hall–Kier alpha value is -3.78. The molecule has 162 valence electrons. The standard InChI is InChI=1S/C24H23N5O2S/c1-17(19-7-10-22(11-8-19)29-16-25-15-26-29)27-24(30)12-9-20-5-3-4-6-23(20)31-13-21-14-32-18(2)28-21/h3-12,14-17H,13H2,1-2H3,(H,27,30)/b12-9+. The predicted molar refractivity (Wildman–Crippen MR) is 125 cm³/mol. The Kier molecular flexibility index (Phi) is 6.72. The molecule has 0 aliphatic carbocycles. The minimum absolute atomic E-state index is 0.142. The van der Waals surface area contributed by atoms with Gasteiger partial charge in [-0.2, -0.15) is 5.10 Å². The van der Waals surface area contributed by atoms with Crippen molar-refractivity contribution in [3.8, 4) is 11.4 Å². The van der Waals surface area contributed by atoms with Gasteiger partial charge < -0.3 is 10.1 Å². The number of nitrogens with one attached hydrogen (secondary N) is 1. The van der Waals surface area contributed by atoms with Gasteiger partial charge in [0.2, 0.25) is 5.91 Å². The van der Waals surface area contributed by atoms with E-state index in [0.29, 0.717) is 12.4 Å². The lowest BCUT2D eigenvalue weighted by atomic mass is 10.1. The van der Waals surface area contributed by atoms with Crippen LogP contribution in [-0.2, 0) is 11.4 Å². The number of rotatable bonds is 8. The molecule has 8 heteroatoms. The first-order valence-corrected chi connectivity index (χ1v) is 11.0. The first-order chi connectivity index (χ1) is 15.6. The van der Waals surface area contributed by atoms with Crippen molar-refractivity contribution in [2.45, 2.75) is 26.5 Å². The molecule has 2 aromatic carbocycles. The van der Waals surface area contributed by atoms with Crippen LogP contribution >= 0.6 is 11.3 Å². The highest BCUT2D eigenvalue weighted by molar-refractivity contribution is 7.09. The van der Waals surface area contributed by atoms with Gasteiger partial charge in [-0.3, -0.25) is 4.79 Å². The molecule has 4 rings (SSSR count). The number of para-hydroxylation sites is 1. The number of carbonyl (C=O) groups is 1. The molecular formula is C24H23N5O2S. The van der Waals surface area contributed by atoms with Crippen molar-refractivity contribution < 1.29 is 9.53 Å². The molecule has 2 heterocycles. The minimum Gasteiger partial charge on any atom is -0.487 e. The molecule has 0 saturated carbocycles. The summed E-state index contributed by atoms with van der Waals surface area (Å²) in [4.78, 5) is 20.8. The summed E-state index contributed by atoms with van der Waals surface area (Å²) < 4.78 is 7.60. The van der Waals surface area contributed by atoms with Crippen LogP contribution in [-0.4, -0.2) is 25.7 Å². The summed E-state index contributed by atoms with van der Waals surface area (Å²) in [5.74, 6) is 0.529. The van der Waals surface area contributed by atoms with Crippen LogP contribution < -0.4 is 10.1 Å². The maximum Gasteiger partial charge on any atom is 0.244 e. The third kappa shape index (κ3) is 5.47. The van der Waals surface area contributed by atoms with E-state index in [1.54, 1.807) is 28.4 Å². The molecule has 1 atom stereocenters. The van der Waals surface area contributed by atoms with Crippen LogP contribution in [0.3, 0.4) is 0 Å². The molecule has 7 nitrogen and oxygen atoms in total. The lowest BCUT2D eigenvalue weighted by Gasteiger charge is -2.13. The number of aromatic nitrogens is 4. The maximum absolute atomic E-state index is 12.5. The van der Waals surface area contributed by atoms with Gasteiger partial charge in [-0.15, -0.1) is 11.3 Å². The van der Waals surface area contributed by atoms with Crippen LogP contribution in [0.1, 0.15) is 34.8 Å². The van der Waals surface area contributed by atoms with E-state index in [0.717, 1.165) is 27.5 Å². The molecule has 0 fully saturated rings. The number of benzene rings is 2. The topological polar surface area (TPSA) is 81.9 Å². The van der Waals surface area contributed by atoms with Crippen molar-refractivity contribution >= 4 is 23.3 Å². The molecule has 1 unspecified atom stereocenters. The molecule has 0 aliphatic heterocycles. The number of ether oxygens (including phenoxy) is 1. The Balaban J connectivity index is 1.36. The maximum atomic E-state index is 12.5. The Labute approximate surface area is 190 Å². The molecular weight excluding hydrogens is 422 g/mol. The Bertz CT molecular complexity index is 1200. The second-order valence-corrected chi connectivity index (χ2v) is 8.24. The third-order valence-electron chi connectivity index (χ3n) is 4.81. The van der Waals surface area contributed by atoms with E-state index in [-0.39, 0.29) is 11.9 Å². The van der Waals surface area contributed by atoms with Gasteiger partial charge in [0.05, 0.1) is 22.4 Å². The smallest absolute Gasteiger partial charge is 0.244 e. The van der Waals surface area contributed by atoms with E-state index in [4.69, 9.17) is 4.74 Å². The highest BCUT2D eigenvalue weighted by Crippen LogP contribution is 2.21. The van der Waals surface area contributed by atoms with Crippen molar-refractivity contribution in [2.75, 3.05) is 0 Å². The average Bonchev–Trinajstić information content (AvgIpc) is 3.49. The third-order valence-corrected chi connectivity index (χ3v) is 5.63. The Morgan fingerprint density at radius 2 is 2.03 bits per heavy atom. The fraction of sp³-hybridized carbons (Fsp3) is 0.167. The molecule has 0 spiro atoms. The summed E-state index contributed by atoms with van der Waals surface area (Å²) in [7, 11) is 0. The molecule has 0 radical (unpaired) electrons. The van der Waals surface area contributed by atoms with Crippen molar-refractivity contribution in [2.24, 2.45) is 0 Å². The number of aryl methyl sites for hydroxylation is 1. The van der Waals surface area contributed by atoms with Gasteiger partial charge in [-0.25, -0.2) is 14.6 Å². The van der Waals surface area contributed by atoms with Crippen molar-refractivity contribution in [1.29, 1.82) is 0 Å². The first kappa shape index (κ1) is 21.5. The first-order valence-electron chi connectivity index (χ1n) is 10.1. The SMILES string of the molecule is Cc1nc(COc2ccccc2/C=C/C(=O)NC(C)c2ccc(-n3cncn3)cc2)cs1. The van der Waals surface area contributed by atoms with E-state index in [1.807, 2.05) is 67.8 Å². The summed E-state index contributed by atoms with van der Waals surface area (Å²) in [6, 6.07) is 15.3. The van der Waals surface area contributed by atoms with Crippen LogP contribution in [0.2, 0.25) is 0 Å². The zero-order chi connectivity index (χ0) is 22.3. The van der Waals surface area contributed by atoms with Gasteiger partial charge in [-0.05, 0) is 43.7 Å². The lowest BCUT2D eigenvalue weighted by molar-refractivity contribution is -0.117. The second kappa shape index (κ2) is 10.0. The predicted octanol–water partition coefficient (Wildman–Crippen LogP) is 4.50. The van der Waals surface area contributed by atoms with E-state index in [2.05, 4.69) is 20.4 Å². The number of nitrogens with zero attached hydrogens (tertiary/aromatic N) is 4. The van der Waals surface area contributed by atoms with Gasteiger partial charge >= 0.3 is 0 Å². The molecule has 0 saturated heterocycles. The average molecular weight is 446 g/mol. The van der Waals surface area contributed by atoms with E-state index >= 15 is 0 Å². The zero-order valence-electron chi connectivity index (χ0n) is 17.8. The fourth-order valence-corrected chi connectivity index (χ4v) is 3.74. The number of carbonyl (C=O) groups excluding carboxylic acids is 1. The van der Waals surface area contributed by atoms with Gasteiger partial charge in [0.25, 0.3) is 0 Å². The molecule has 1 N–H and O–H groups in total. The summed E-state index contributed by atoms with van der Waals surface area (Å²) >= 11 is 1.60. The number of amides is 1. The summed E-state index contributed by atoms with van der Waals surface area (Å²) in [5, 5.41) is 10.1. The van der Waals surface area contributed by atoms with E-state index in [9.17, 15) is 4.79 Å². The monoisotopic (exact) mass is 445 g/mol. The summed E-state index contributed by atoms with van der Waals surface area (Å²) in [6.07, 6.45) is 6.42. The van der Waals surface area contributed by atoms with Gasteiger partial charge in [0.15, 0.2) is 0 Å². The highest BCUT2D eigenvalue weighted by atomic mass is 32.1. The molecule has 0 bridgehead atoms. The zero-order valence-corrected chi connectivity index (χ0v) is 18.6. The molecule has 2 aromatic heterocycles. The normalized spacial score (nSPS) is 12.1. The molecule has 1 amide bonds. The fourth-order valence-electron chi connectivity index (χ4n) is 3.14. The van der Waals surface area contributed by atoms with E-state index in [1.165, 1.54) is 12.4 Å². The van der Waals surface area contributed by atoms with Crippen molar-refractivity contribution in [3.63, 3.8) is 0 Å². The van der Waals surface area contributed by atoms with Gasteiger partial charge in [0.1, 0.15) is 25.0 Å². The number of hydrogen-bond acceptors (Lipinski definition) is 6. The van der Waals surface area contributed by atoms with Gasteiger partial charge in [0, 0.05) is 17.0 Å². The van der Waals surface area contributed by atoms with Crippen LogP contribution in [0, 0.1) is 6.92 Å². The Morgan fingerprint density at radius 1 is 1.22 bits per heavy atom. The van der Waals surface area contributed by atoms with Crippen molar-refractivity contribution in [3.05, 3.63) is 94.5 Å². The summed E-state index contributed by atoms with van der Waals surface area (Å²) in [6.45, 7) is 4.31. The minimum atomic E-state index is -0.178. The summed E-state index contributed by atoms with van der Waals surface area (Å²) in [5.41, 5.74) is 3.64. The van der Waals surface area contributed by atoms with Crippen LogP contribution in [0.15, 0.2) is 72.6 Å². The Morgan fingerprint density at radius 3 is 2.75 bits per heavy atom. The lowest BCUT2D eigenvalue weighted by Crippen LogP contribution is -2.24. The quantitative estimate of drug-likeness (QED) is 0.404. The largest absolute Gasteiger partial charge is 0.487 e. The van der Waals surface area contributed by atoms with Crippen LogP contribution in [0.25, 0.3) is 11.8 Å². The van der Waals surface area contributed by atoms with Crippen LogP contribution in [0.5, 0.6) is 5.75 Å². The highest BCUT2D eigenvalue weighted by Gasteiger charge is 2.09. The van der Waals surface area contributed by atoms with Crippen LogP contribution in [0.4, 0.5) is 0 Å². The van der Waals surface area contributed by atoms with Crippen molar-refractivity contribution in [1.82, 2.24) is 25.1 Å². The van der Waals surface area contributed by atoms with E-state index < -0.39 is 0 Å². The molecule has 32 heavy (non-hydrogen) atoms. The second-order valence-electron chi connectivity index (χ2n) is 7.18. The number of hydrogen-bond donors (Lipinski definition) is 1. The van der Waals surface area contributed by atoms with Gasteiger partial charge in [-0.1, -0.05) is 30.3 Å². The number of thiazole rings is 1. The molecule has 4 aromatic rings.